The van der Waals surface area contributed by atoms with Crippen LogP contribution in [0.3, 0.4) is 0 Å². The van der Waals surface area contributed by atoms with E-state index in [9.17, 15) is 0 Å². The third kappa shape index (κ3) is 3.67. The van der Waals surface area contributed by atoms with Gasteiger partial charge in [0, 0.05) is 24.8 Å². The molecule has 1 unspecified atom stereocenters. The minimum absolute atomic E-state index is 0.0171. The first-order valence-corrected chi connectivity index (χ1v) is 8.37. The van der Waals surface area contributed by atoms with Gasteiger partial charge >= 0.3 is 0 Å². The molecule has 1 N–H and O–H groups in total. The summed E-state index contributed by atoms with van der Waals surface area (Å²) in [4.78, 5) is 10.3. The monoisotopic (exact) mass is 359 g/mol. The van der Waals surface area contributed by atoms with E-state index in [1.165, 1.54) is 0 Å². The van der Waals surface area contributed by atoms with Crippen LogP contribution in [0.4, 0.5) is 0 Å². The predicted octanol–water partition coefficient (Wildman–Crippen LogP) is 3.64. The van der Waals surface area contributed by atoms with Gasteiger partial charge in [0.15, 0.2) is 0 Å². The largest absolute Gasteiger partial charge is 0.368 e. The molecule has 1 aliphatic heterocycles. The van der Waals surface area contributed by atoms with E-state index in [-0.39, 0.29) is 6.10 Å². The van der Waals surface area contributed by atoms with Crippen molar-refractivity contribution in [2.75, 3.05) is 19.7 Å². The fourth-order valence-corrected chi connectivity index (χ4v) is 3.01. The van der Waals surface area contributed by atoms with E-state index in [2.05, 4.69) is 51.6 Å². The molecule has 0 amide bonds. The fourth-order valence-electron chi connectivity index (χ4n) is 2.40. The van der Waals surface area contributed by atoms with Crippen LogP contribution in [0.1, 0.15) is 44.8 Å². The minimum Gasteiger partial charge on any atom is -0.368 e. The molecule has 4 nitrogen and oxygen atoms in total. The highest BCUT2D eigenvalue weighted by Crippen LogP contribution is 2.24. The summed E-state index contributed by atoms with van der Waals surface area (Å²) in [6.45, 7) is 9.16. The van der Waals surface area contributed by atoms with Gasteiger partial charge in [-0.3, -0.25) is 4.90 Å². The Hall–Kier alpha value is -0.300. The van der Waals surface area contributed by atoms with E-state index >= 15 is 0 Å². The number of nitrogens with one attached hydrogen (secondary N) is 1. The molecule has 2 rings (SSSR count). The molecule has 0 saturated carbocycles. The van der Waals surface area contributed by atoms with Crippen LogP contribution in [-0.2, 0) is 11.2 Å². The van der Waals surface area contributed by atoms with Crippen LogP contribution < -0.4 is 0 Å². The minimum atomic E-state index is -0.0171. The lowest BCUT2D eigenvalue weighted by molar-refractivity contribution is -0.0444. The van der Waals surface area contributed by atoms with Gasteiger partial charge in [0.05, 0.1) is 11.1 Å². The fraction of sp³-hybridized carbons (Fsp3) is 0.714. The summed E-state index contributed by atoms with van der Waals surface area (Å²) in [5, 5.41) is 0. The average molecular weight is 360 g/mol. The summed E-state index contributed by atoms with van der Waals surface area (Å²) in [7, 11) is 0. The van der Waals surface area contributed by atoms with Crippen molar-refractivity contribution >= 4 is 28.1 Å². The van der Waals surface area contributed by atoms with Crippen molar-refractivity contribution in [3.8, 4) is 0 Å². The normalized spacial score (nSPS) is 20.6. The molecule has 1 atom stereocenters. The number of ether oxygens (including phenoxy) is 1. The number of hydrogen-bond donors (Lipinski definition) is 1. The molecule has 0 spiro atoms. The molecule has 1 aromatic heterocycles. The van der Waals surface area contributed by atoms with E-state index in [0.29, 0.717) is 10.7 Å². The molecule has 0 radical (unpaired) electrons. The number of morpholine rings is 1. The highest BCUT2D eigenvalue weighted by Gasteiger charge is 2.25. The lowest BCUT2D eigenvalue weighted by Gasteiger charge is -2.35. The third-order valence-corrected chi connectivity index (χ3v) is 5.00. The van der Waals surface area contributed by atoms with Crippen LogP contribution in [0.5, 0.6) is 0 Å². The van der Waals surface area contributed by atoms with Crippen LogP contribution in [0.15, 0.2) is 4.47 Å². The molecule has 1 aromatic rings. The van der Waals surface area contributed by atoms with Crippen LogP contribution >= 0.6 is 28.1 Å². The van der Waals surface area contributed by atoms with E-state index in [1.54, 1.807) is 0 Å². The van der Waals surface area contributed by atoms with Gasteiger partial charge < -0.3 is 9.72 Å². The summed E-state index contributed by atoms with van der Waals surface area (Å²) in [5.74, 6) is 0.854. The number of aryl methyl sites for hydroxylation is 1. The molecule has 0 bridgehead atoms. The highest BCUT2D eigenvalue weighted by molar-refractivity contribution is 9.10. The van der Waals surface area contributed by atoms with E-state index in [0.717, 1.165) is 48.5 Å². The van der Waals surface area contributed by atoms with Crippen molar-refractivity contribution in [1.82, 2.24) is 14.9 Å². The van der Waals surface area contributed by atoms with Gasteiger partial charge in [0.2, 0.25) is 0 Å². The van der Waals surface area contributed by atoms with E-state index < -0.39 is 0 Å². The quantitative estimate of drug-likeness (QED) is 0.833. The van der Waals surface area contributed by atoms with Crippen molar-refractivity contribution in [2.24, 2.45) is 0 Å². The van der Waals surface area contributed by atoms with Gasteiger partial charge in [-0.05, 0) is 36.2 Å². The lowest BCUT2D eigenvalue weighted by atomic mass is 10.2. The van der Waals surface area contributed by atoms with Crippen molar-refractivity contribution in [1.29, 1.82) is 0 Å². The number of rotatable bonds is 4. The topological polar surface area (TPSA) is 41.2 Å². The second-order valence-corrected chi connectivity index (χ2v) is 6.60. The molecule has 6 heteroatoms. The molecule has 2 heterocycles. The Bertz CT molecular complexity index is 518. The van der Waals surface area contributed by atoms with Crippen molar-refractivity contribution in [3.63, 3.8) is 0 Å². The lowest BCUT2D eigenvalue weighted by Crippen LogP contribution is -2.42. The summed E-state index contributed by atoms with van der Waals surface area (Å²) in [6, 6.07) is 0.523. The van der Waals surface area contributed by atoms with Crippen molar-refractivity contribution in [2.45, 2.75) is 45.8 Å². The van der Waals surface area contributed by atoms with Gasteiger partial charge in [-0.2, -0.15) is 0 Å². The first-order valence-electron chi connectivity index (χ1n) is 7.17. The number of aromatic amines is 1. The van der Waals surface area contributed by atoms with Gasteiger partial charge in [-0.25, -0.2) is 4.98 Å². The molecule has 112 valence electrons. The summed E-state index contributed by atoms with van der Waals surface area (Å²) in [6.07, 6.45) is 2.01. The molecule has 1 fully saturated rings. The Morgan fingerprint density at radius 1 is 1.55 bits per heavy atom. The second-order valence-electron chi connectivity index (χ2n) is 5.42. The van der Waals surface area contributed by atoms with Crippen LogP contribution in [0.25, 0.3) is 0 Å². The Morgan fingerprint density at radius 3 is 2.95 bits per heavy atom. The second kappa shape index (κ2) is 7.11. The predicted molar refractivity (Wildman–Crippen MR) is 86.5 cm³/mol. The highest BCUT2D eigenvalue weighted by atomic mass is 79.9. The van der Waals surface area contributed by atoms with Crippen molar-refractivity contribution < 1.29 is 4.74 Å². The Labute approximate surface area is 134 Å². The van der Waals surface area contributed by atoms with E-state index in [4.69, 9.17) is 17.0 Å². The molecule has 1 saturated heterocycles. The Kier molecular flexibility index (Phi) is 5.72. The Morgan fingerprint density at radius 2 is 2.30 bits per heavy atom. The zero-order chi connectivity index (χ0) is 14.7. The molecule has 0 aliphatic carbocycles. The zero-order valence-electron chi connectivity index (χ0n) is 12.3. The zero-order valence-corrected chi connectivity index (χ0v) is 14.7. The van der Waals surface area contributed by atoms with Gasteiger partial charge in [-0.15, -0.1) is 0 Å². The maximum atomic E-state index is 5.88. The average Bonchev–Trinajstić information content (AvgIpc) is 2.44. The van der Waals surface area contributed by atoms with Crippen molar-refractivity contribution in [3.05, 3.63) is 20.6 Å². The Balaban J connectivity index is 2.26. The number of H-pyrrole nitrogens is 1. The molecule has 0 aromatic carbocycles. The number of nitrogens with zero attached hydrogens (tertiary/aromatic N) is 2. The summed E-state index contributed by atoms with van der Waals surface area (Å²) >= 11 is 8.87. The molecule has 1 aliphatic rings. The molecule has 20 heavy (non-hydrogen) atoms. The van der Waals surface area contributed by atoms with Gasteiger partial charge in [0.1, 0.15) is 16.6 Å². The smallest absolute Gasteiger partial charge is 0.144 e. The molecular weight excluding hydrogens is 338 g/mol. The summed E-state index contributed by atoms with van der Waals surface area (Å²) in [5.41, 5.74) is 1.12. The first kappa shape index (κ1) is 16.1. The first-order chi connectivity index (χ1) is 9.52. The van der Waals surface area contributed by atoms with E-state index in [1.807, 2.05) is 0 Å². The van der Waals surface area contributed by atoms with Gasteiger partial charge in [-0.1, -0.05) is 25.6 Å². The maximum Gasteiger partial charge on any atom is 0.144 e. The standard InChI is InChI=1S/C14H22BrN3OS/c1-4-5-10-12(15)14(20)17-13(16-10)11-8-18(9(2)3)6-7-19-11/h9,11H,4-8H2,1-3H3,(H,16,17,20). The van der Waals surface area contributed by atoms with Gasteiger partial charge in [0.25, 0.3) is 0 Å². The van der Waals surface area contributed by atoms with Crippen LogP contribution in [0.2, 0.25) is 0 Å². The summed E-state index contributed by atoms with van der Waals surface area (Å²) < 4.78 is 7.41. The number of hydrogen-bond acceptors (Lipinski definition) is 4. The third-order valence-electron chi connectivity index (χ3n) is 3.59. The number of halogens is 1. The molecular formula is C14H22BrN3OS. The van der Waals surface area contributed by atoms with Crippen LogP contribution in [0, 0.1) is 4.64 Å². The number of aromatic nitrogens is 2. The maximum absolute atomic E-state index is 5.88. The SMILES string of the molecule is CCCc1[nH]c(C2CN(C(C)C)CCO2)nc(=S)c1Br. The van der Waals surface area contributed by atoms with Crippen LogP contribution in [-0.4, -0.2) is 40.6 Å².